The molecular formula is C13H16N4O. The molecule has 3 N–H and O–H groups in total. The van der Waals surface area contributed by atoms with Crippen LogP contribution >= 0.6 is 0 Å². The maximum Gasteiger partial charge on any atom is 0.251 e. The van der Waals surface area contributed by atoms with Crippen LogP contribution in [0.3, 0.4) is 0 Å². The third kappa shape index (κ3) is 2.22. The Morgan fingerprint density at radius 1 is 1.44 bits per heavy atom. The lowest BCUT2D eigenvalue weighted by atomic mass is 10.1. The van der Waals surface area contributed by atoms with Crippen molar-refractivity contribution in [2.24, 2.45) is 0 Å². The number of nitrogens with one attached hydrogen (secondary N) is 3. The Kier molecular flexibility index (Phi) is 2.98. The second-order valence-electron chi connectivity index (χ2n) is 4.65. The van der Waals surface area contributed by atoms with Crippen molar-refractivity contribution in [1.29, 1.82) is 0 Å². The normalized spacial score (nSPS) is 19.9. The molecule has 0 spiro atoms. The summed E-state index contributed by atoms with van der Waals surface area (Å²) < 4.78 is 0. The third-order valence-corrected chi connectivity index (χ3v) is 3.31. The van der Waals surface area contributed by atoms with Crippen molar-refractivity contribution in [3.05, 3.63) is 30.1 Å². The first-order chi connectivity index (χ1) is 8.83. The molecule has 5 nitrogen and oxygen atoms in total. The first kappa shape index (κ1) is 11.2. The number of benzene rings is 1. The summed E-state index contributed by atoms with van der Waals surface area (Å²) in [6.45, 7) is 1.91. The summed E-state index contributed by atoms with van der Waals surface area (Å²) in [5, 5.41) is 6.34. The molecule has 0 radical (unpaired) electrons. The van der Waals surface area contributed by atoms with Gasteiger partial charge in [-0.1, -0.05) is 0 Å². The van der Waals surface area contributed by atoms with Gasteiger partial charge in [0.25, 0.3) is 5.91 Å². The zero-order chi connectivity index (χ0) is 12.4. The maximum atomic E-state index is 12.1. The van der Waals surface area contributed by atoms with E-state index in [1.54, 1.807) is 6.33 Å². The van der Waals surface area contributed by atoms with Crippen LogP contribution in [0.4, 0.5) is 0 Å². The molecule has 1 aliphatic rings. The van der Waals surface area contributed by atoms with Gasteiger partial charge in [0.05, 0.1) is 17.4 Å². The molecule has 1 aromatic heterocycles. The summed E-state index contributed by atoms with van der Waals surface area (Å²) in [6, 6.07) is 5.76. The number of carbonyl (C=O) groups is 1. The fourth-order valence-electron chi connectivity index (χ4n) is 2.32. The number of carbonyl (C=O) groups excluding carboxylic acids is 1. The van der Waals surface area contributed by atoms with Crippen molar-refractivity contribution < 1.29 is 4.79 Å². The molecule has 0 saturated carbocycles. The van der Waals surface area contributed by atoms with Crippen molar-refractivity contribution in [2.45, 2.75) is 18.9 Å². The van der Waals surface area contributed by atoms with E-state index in [2.05, 4.69) is 20.6 Å². The number of piperidine rings is 1. The number of rotatable bonds is 2. The van der Waals surface area contributed by atoms with E-state index in [-0.39, 0.29) is 11.9 Å². The number of amides is 1. The van der Waals surface area contributed by atoms with Gasteiger partial charge in [-0.25, -0.2) is 4.98 Å². The number of imidazole rings is 1. The molecule has 5 heteroatoms. The quantitative estimate of drug-likeness (QED) is 0.739. The largest absolute Gasteiger partial charge is 0.348 e. The average Bonchev–Trinajstić information content (AvgIpc) is 2.87. The molecule has 18 heavy (non-hydrogen) atoms. The fraction of sp³-hybridized carbons (Fsp3) is 0.385. The Morgan fingerprint density at radius 2 is 2.39 bits per heavy atom. The van der Waals surface area contributed by atoms with Crippen molar-refractivity contribution in [3.8, 4) is 0 Å². The third-order valence-electron chi connectivity index (χ3n) is 3.31. The van der Waals surface area contributed by atoms with Gasteiger partial charge in [-0.05, 0) is 37.6 Å². The smallest absolute Gasteiger partial charge is 0.251 e. The second kappa shape index (κ2) is 4.78. The molecule has 0 unspecified atom stereocenters. The van der Waals surface area contributed by atoms with Crippen LogP contribution < -0.4 is 10.6 Å². The summed E-state index contributed by atoms with van der Waals surface area (Å²) in [5.41, 5.74) is 2.45. The van der Waals surface area contributed by atoms with Gasteiger partial charge in [-0.15, -0.1) is 0 Å². The molecule has 94 valence electrons. The monoisotopic (exact) mass is 244 g/mol. The van der Waals surface area contributed by atoms with E-state index < -0.39 is 0 Å². The van der Waals surface area contributed by atoms with Crippen molar-refractivity contribution >= 4 is 16.9 Å². The van der Waals surface area contributed by atoms with Crippen LogP contribution in [0.25, 0.3) is 11.0 Å². The van der Waals surface area contributed by atoms with E-state index in [0.29, 0.717) is 5.56 Å². The number of fused-ring (bicyclic) bond motifs is 1. The number of hydrogen-bond acceptors (Lipinski definition) is 3. The Balaban J connectivity index is 1.74. The van der Waals surface area contributed by atoms with Gasteiger partial charge >= 0.3 is 0 Å². The average molecular weight is 244 g/mol. The van der Waals surface area contributed by atoms with E-state index in [9.17, 15) is 4.79 Å². The van der Waals surface area contributed by atoms with E-state index in [1.165, 1.54) is 0 Å². The maximum absolute atomic E-state index is 12.1. The van der Waals surface area contributed by atoms with Crippen LogP contribution in [0, 0.1) is 0 Å². The molecule has 1 atom stereocenters. The highest BCUT2D eigenvalue weighted by atomic mass is 16.1. The van der Waals surface area contributed by atoms with E-state index in [4.69, 9.17) is 0 Å². The standard InChI is InChI=1S/C13H16N4O/c18-13(17-10-2-1-5-14-7-10)9-3-4-11-12(6-9)16-8-15-11/h3-4,6,8,10,14H,1-2,5,7H2,(H,15,16)(H,17,18)/t10-/m1/s1. The lowest BCUT2D eigenvalue weighted by Gasteiger charge is -2.23. The fourth-order valence-corrected chi connectivity index (χ4v) is 2.32. The lowest BCUT2D eigenvalue weighted by Crippen LogP contribution is -2.45. The SMILES string of the molecule is O=C(N[C@@H]1CCCNC1)c1ccc2nc[nH]c2c1. The minimum atomic E-state index is -0.0137. The molecule has 1 amide bonds. The lowest BCUT2D eigenvalue weighted by molar-refractivity contribution is 0.0931. The predicted octanol–water partition coefficient (Wildman–Crippen LogP) is 1.04. The van der Waals surface area contributed by atoms with Crippen LogP contribution in [0.2, 0.25) is 0 Å². The molecule has 1 aliphatic heterocycles. The summed E-state index contributed by atoms with van der Waals surface area (Å²) in [6.07, 6.45) is 3.80. The van der Waals surface area contributed by atoms with Crippen molar-refractivity contribution in [3.63, 3.8) is 0 Å². The molecule has 0 aliphatic carbocycles. The number of aromatic nitrogens is 2. The van der Waals surface area contributed by atoms with Gasteiger partial charge in [0.15, 0.2) is 0 Å². The van der Waals surface area contributed by atoms with Gasteiger partial charge in [0, 0.05) is 18.2 Å². The predicted molar refractivity (Wildman–Crippen MR) is 69.5 cm³/mol. The van der Waals surface area contributed by atoms with Crippen molar-refractivity contribution in [1.82, 2.24) is 20.6 Å². The zero-order valence-corrected chi connectivity index (χ0v) is 10.1. The summed E-state index contributed by atoms with van der Waals surface area (Å²) in [5.74, 6) is -0.0137. The van der Waals surface area contributed by atoms with Gasteiger partial charge < -0.3 is 15.6 Å². The van der Waals surface area contributed by atoms with Gasteiger partial charge in [-0.2, -0.15) is 0 Å². The summed E-state index contributed by atoms with van der Waals surface area (Å²) in [7, 11) is 0. The molecule has 3 rings (SSSR count). The van der Waals surface area contributed by atoms with E-state index in [1.807, 2.05) is 18.2 Å². The van der Waals surface area contributed by atoms with Crippen LogP contribution in [0.5, 0.6) is 0 Å². The highest BCUT2D eigenvalue weighted by molar-refractivity contribution is 5.97. The molecule has 2 heterocycles. The number of H-pyrrole nitrogens is 1. The van der Waals surface area contributed by atoms with Crippen LogP contribution in [-0.4, -0.2) is 35.0 Å². The Labute approximate surface area is 105 Å². The van der Waals surface area contributed by atoms with Gasteiger partial charge in [0.1, 0.15) is 0 Å². The van der Waals surface area contributed by atoms with E-state index in [0.717, 1.165) is 37.0 Å². The molecule has 1 aromatic carbocycles. The minimum absolute atomic E-state index is 0.0137. The molecule has 1 fully saturated rings. The number of hydrogen-bond donors (Lipinski definition) is 3. The zero-order valence-electron chi connectivity index (χ0n) is 10.1. The molecule has 0 bridgehead atoms. The van der Waals surface area contributed by atoms with Crippen LogP contribution in [0.15, 0.2) is 24.5 Å². The second-order valence-corrected chi connectivity index (χ2v) is 4.65. The molecular weight excluding hydrogens is 228 g/mol. The topological polar surface area (TPSA) is 69.8 Å². The van der Waals surface area contributed by atoms with E-state index >= 15 is 0 Å². The van der Waals surface area contributed by atoms with Crippen LogP contribution in [0.1, 0.15) is 23.2 Å². The minimum Gasteiger partial charge on any atom is -0.348 e. The first-order valence-corrected chi connectivity index (χ1v) is 6.27. The Bertz CT molecular complexity index is 557. The summed E-state index contributed by atoms with van der Waals surface area (Å²) >= 11 is 0. The highest BCUT2D eigenvalue weighted by Gasteiger charge is 2.16. The Hall–Kier alpha value is -1.88. The molecule has 1 saturated heterocycles. The van der Waals surface area contributed by atoms with Crippen LogP contribution in [-0.2, 0) is 0 Å². The number of aromatic amines is 1. The summed E-state index contributed by atoms with van der Waals surface area (Å²) in [4.78, 5) is 19.3. The Morgan fingerprint density at radius 3 is 3.22 bits per heavy atom. The molecule has 2 aromatic rings. The van der Waals surface area contributed by atoms with Crippen molar-refractivity contribution in [2.75, 3.05) is 13.1 Å². The number of nitrogens with zero attached hydrogens (tertiary/aromatic N) is 1. The first-order valence-electron chi connectivity index (χ1n) is 6.27. The van der Waals surface area contributed by atoms with Gasteiger partial charge in [-0.3, -0.25) is 4.79 Å². The van der Waals surface area contributed by atoms with Gasteiger partial charge in [0.2, 0.25) is 0 Å². The highest BCUT2D eigenvalue weighted by Crippen LogP contribution is 2.12.